The number of aromatic amines is 1. The van der Waals surface area contributed by atoms with E-state index >= 15 is 0 Å². The largest absolute Gasteiger partial charge is 0.466 e. The van der Waals surface area contributed by atoms with Crippen molar-refractivity contribution in [3.05, 3.63) is 51.6 Å². The number of H-pyrrole nitrogens is 1. The summed E-state index contributed by atoms with van der Waals surface area (Å²) in [5.41, 5.74) is 2.27. The lowest BCUT2D eigenvalue weighted by atomic mass is 9.94. The van der Waals surface area contributed by atoms with Crippen LogP contribution in [-0.4, -0.2) is 69.5 Å². The van der Waals surface area contributed by atoms with Crippen molar-refractivity contribution in [2.24, 2.45) is 5.92 Å². The number of piperidine rings is 1. The molecule has 3 heterocycles. The number of ether oxygens (including phenoxy) is 2. The molecule has 0 unspecified atom stereocenters. The molecule has 1 atom stereocenters. The summed E-state index contributed by atoms with van der Waals surface area (Å²) >= 11 is 0. The van der Waals surface area contributed by atoms with Gasteiger partial charge in [-0.3, -0.25) is 14.5 Å². The van der Waals surface area contributed by atoms with Crippen LogP contribution < -0.4 is 5.56 Å². The predicted octanol–water partition coefficient (Wildman–Crippen LogP) is 1.83. The minimum absolute atomic E-state index is 0.135. The molecule has 1 saturated heterocycles. The van der Waals surface area contributed by atoms with Crippen molar-refractivity contribution in [2.45, 2.75) is 39.3 Å². The van der Waals surface area contributed by atoms with Crippen LogP contribution in [0.4, 0.5) is 0 Å². The van der Waals surface area contributed by atoms with Gasteiger partial charge in [-0.15, -0.1) is 5.10 Å². The zero-order valence-electron chi connectivity index (χ0n) is 19.3. The summed E-state index contributed by atoms with van der Waals surface area (Å²) in [6.07, 6.45) is 1.30. The highest BCUT2D eigenvalue weighted by Gasteiger charge is 2.35. The molecule has 33 heavy (non-hydrogen) atoms. The molecule has 0 aliphatic carbocycles. The van der Waals surface area contributed by atoms with Gasteiger partial charge in [0.1, 0.15) is 6.04 Å². The number of hydrogen-bond donors (Lipinski definition) is 1. The number of hydrogen-bond acceptors (Lipinski definition) is 8. The zero-order valence-corrected chi connectivity index (χ0v) is 19.3. The highest BCUT2D eigenvalue weighted by Crippen LogP contribution is 2.31. The van der Waals surface area contributed by atoms with Crippen LogP contribution in [0.25, 0.3) is 10.9 Å². The molecule has 10 nitrogen and oxygen atoms in total. The van der Waals surface area contributed by atoms with Gasteiger partial charge in [0.25, 0.3) is 5.56 Å². The Morgan fingerprint density at radius 1 is 1.27 bits per heavy atom. The van der Waals surface area contributed by atoms with Crippen LogP contribution >= 0.6 is 0 Å². The summed E-state index contributed by atoms with van der Waals surface area (Å²) in [5.74, 6) is 0.292. The van der Waals surface area contributed by atoms with Gasteiger partial charge in [-0.2, -0.15) is 0 Å². The maximum absolute atomic E-state index is 13.2. The number of likely N-dealkylation sites (tertiary alicyclic amines) is 1. The van der Waals surface area contributed by atoms with Gasteiger partial charge < -0.3 is 14.5 Å². The second kappa shape index (κ2) is 10.2. The normalized spacial score (nSPS) is 16.2. The van der Waals surface area contributed by atoms with Crippen LogP contribution in [0.2, 0.25) is 0 Å². The van der Waals surface area contributed by atoms with E-state index in [1.165, 1.54) is 0 Å². The molecular formula is C23H30N6O4. The summed E-state index contributed by atoms with van der Waals surface area (Å²) in [6.45, 7) is 6.35. The molecule has 1 N–H and O–H groups in total. The SMILES string of the molecule is CCOC(=O)C1CCN([C@@H](c2cc3ccc(C)cc3[nH]c2=O)c2nnnn2CCOC)CC1. The van der Waals surface area contributed by atoms with Crippen molar-refractivity contribution in [1.29, 1.82) is 0 Å². The fourth-order valence-electron chi connectivity index (χ4n) is 4.43. The van der Waals surface area contributed by atoms with Crippen molar-refractivity contribution in [2.75, 3.05) is 33.4 Å². The number of methoxy groups -OCH3 is 1. The standard InChI is InChI=1S/C23H30N6O4/c1-4-33-23(31)16-7-9-28(10-8-16)20(21-25-26-27-29(21)11-12-32-3)18-14-17-6-5-15(2)13-19(17)24-22(18)30/h5-6,13-14,16,20H,4,7-12H2,1-3H3,(H,24,30)/t20-/m0/s1. The van der Waals surface area contributed by atoms with Gasteiger partial charge in [0.15, 0.2) is 5.82 Å². The zero-order chi connectivity index (χ0) is 23.4. The van der Waals surface area contributed by atoms with E-state index in [1.54, 1.807) is 11.8 Å². The number of aromatic nitrogens is 5. The number of benzene rings is 1. The maximum Gasteiger partial charge on any atom is 0.309 e. The molecule has 0 amide bonds. The Hall–Kier alpha value is -3.11. The predicted molar refractivity (Wildman–Crippen MR) is 122 cm³/mol. The van der Waals surface area contributed by atoms with Gasteiger partial charge in [0.2, 0.25) is 0 Å². The fraction of sp³-hybridized carbons (Fsp3) is 0.522. The smallest absolute Gasteiger partial charge is 0.309 e. The monoisotopic (exact) mass is 454 g/mol. The van der Waals surface area contributed by atoms with Gasteiger partial charge in [0, 0.05) is 31.3 Å². The lowest BCUT2D eigenvalue weighted by Crippen LogP contribution is -2.42. The third-order valence-corrected chi connectivity index (χ3v) is 6.15. The van der Waals surface area contributed by atoms with Crippen molar-refractivity contribution < 1.29 is 14.3 Å². The van der Waals surface area contributed by atoms with Gasteiger partial charge in [-0.25, -0.2) is 4.68 Å². The fourth-order valence-corrected chi connectivity index (χ4v) is 4.43. The van der Waals surface area contributed by atoms with Crippen LogP contribution in [-0.2, 0) is 20.8 Å². The van der Waals surface area contributed by atoms with Crippen molar-refractivity contribution in [3.63, 3.8) is 0 Å². The molecule has 0 radical (unpaired) electrons. The quantitative estimate of drug-likeness (QED) is 0.513. The van der Waals surface area contributed by atoms with E-state index in [-0.39, 0.29) is 17.4 Å². The van der Waals surface area contributed by atoms with E-state index in [4.69, 9.17) is 9.47 Å². The molecule has 10 heteroatoms. The maximum atomic E-state index is 13.2. The number of fused-ring (bicyclic) bond motifs is 1. The molecule has 0 saturated carbocycles. The summed E-state index contributed by atoms with van der Waals surface area (Å²) in [5, 5.41) is 13.3. The summed E-state index contributed by atoms with van der Waals surface area (Å²) in [7, 11) is 1.62. The molecular weight excluding hydrogens is 424 g/mol. The highest BCUT2D eigenvalue weighted by molar-refractivity contribution is 5.79. The summed E-state index contributed by atoms with van der Waals surface area (Å²) in [6, 6.07) is 7.46. The average Bonchev–Trinajstić information content (AvgIpc) is 3.27. The number of carbonyl (C=O) groups is 1. The molecule has 4 rings (SSSR count). The van der Waals surface area contributed by atoms with Crippen LogP contribution in [0.5, 0.6) is 0 Å². The van der Waals surface area contributed by atoms with Gasteiger partial charge in [0.05, 0.1) is 25.7 Å². The Balaban J connectivity index is 1.72. The highest BCUT2D eigenvalue weighted by atomic mass is 16.5. The molecule has 1 fully saturated rings. The molecule has 176 valence electrons. The van der Waals surface area contributed by atoms with Crippen molar-refractivity contribution in [1.82, 2.24) is 30.1 Å². The molecule has 1 aliphatic rings. The first-order chi connectivity index (χ1) is 16.0. The minimum Gasteiger partial charge on any atom is -0.466 e. The number of esters is 1. The third-order valence-electron chi connectivity index (χ3n) is 6.15. The lowest BCUT2D eigenvalue weighted by Gasteiger charge is -2.36. The number of rotatable bonds is 8. The molecule has 0 spiro atoms. The number of pyridine rings is 1. The average molecular weight is 455 g/mol. The molecule has 1 aliphatic heterocycles. The van der Waals surface area contributed by atoms with E-state index in [1.807, 2.05) is 38.1 Å². The second-order valence-corrected chi connectivity index (χ2v) is 8.36. The Labute approximate surface area is 191 Å². The second-order valence-electron chi connectivity index (χ2n) is 8.36. The summed E-state index contributed by atoms with van der Waals surface area (Å²) in [4.78, 5) is 30.7. The number of aryl methyl sites for hydroxylation is 1. The van der Waals surface area contributed by atoms with Gasteiger partial charge in [-0.1, -0.05) is 12.1 Å². The number of nitrogens with zero attached hydrogens (tertiary/aromatic N) is 5. The minimum atomic E-state index is -0.450. The van der Waals surface area contributed by atoms with E-state index in [0.29, 0.717) is 57.1 Å². The van der Waals surface area contributed by atoms with Crippen LogP contribution in [0, 0.1) is 12.8 Å². The Kier molecular flexibility index (Phi) is 7.14. The third kappa shape index (κ3) is 4.96. The van der Waals surface area contributed by atoms with Gasteiger partial charge >= 0.3 is 5.97 Å². The number of nitrogens with one attached hydrogen (secondary N) is 1. The van der Waals surface area contributed by atoms with Gasteiger partial charge in [-0.05, 0) is 60.2 Å². The molecule has 0 bridgehead atoms. The summed E-state index contributed by atoms with van der Waals surface area (Å²) < 4.78 is 12.1. The Bertz CT molecular complexity index is 1170. The molecule has 1 aromatic carbocycles. The first-order valence-corrected chi connectivity index (χ1v) is 11.3. The van der Waals surface area contributed by atoms with Crippen molar-refractivity contribution >= 4 is 16.9 Å². The Morgan fingerprint density at radius 2 is 2.06 bits per heavy atom. The first kappa shape index (κ1) is 23.1. The lowest BCUT2D eigenvalue weighted by molar-refractivity contribution is -0.149. The van der Waals surface area contributed by atoms with E-state index in [2.05, 4.69) is 25.4 Å². The van der Waals surface area contributed by atoms with Crippen LogP contribution in [0.15, 0.2) is 29.1 Å². The van der Waals surface area contributed by atoms with E-state index < -0.39 is 6.04 Å². The number of tetrazole rings is 1. The van der Waals surface area contributed by atoms with Crippen LogP contribution in [0.1, 0.15) is 42.8 Å². The van der Waals surface area contributed by atoms with Crippen LogP contribution in [0.3, 0.4) is 0 Å². The van der Waals surface area contributed by atoms with E-state index in [0.717, 1.165) is 16.5 Å². The molecule has 3 aromatic rings. The number of carbonyl (C=O) groups excluding carboxylic acids is 1. The topological polar surface area (TPSA) is 115 Å². The van der Waals surface area contributed by atoms with E-state index in [9.17, 15) is 9.59 Å². The Morgan fingerprint density at radius 3 is 2.79 bits per heavy atom. The van der Waals surface area contributed by atoms with Crippen molar-refractivity contribution in [3.8, 4) is 0 Å². The first-order valence-electron chi connectivity index (χ1n) is 11.3. The molecule has 2 aromatic heterocycles.